The van der Waals surface area contributed by atoms with E-state index in [1.165, 1.54) is 0 Å². The molecule has 0 aliphatic carbocycles. The summed E-state index contributed by atoms with van der Waals surface area (Å²) in [5, 5.41) is 3.56. The number of halogens is 1. The molecular weight excluding hydrogens is 412 g/mol. The standard InChI is InChI=1S/C25H25ClN2O3/c1-31-13-5-11-27-23(29)15-19-14-22(17-6-3-2-4-7-17)25(30)28-12-10-18-8-9-20(26)16-21(18)24(19)28/h2-4,6-9,14,16H,5,10-13,15H2,1H3,(H,27,29). The number of aryl methyl sites for hydroxylation is 1. The monoisotopic (exact) mass is 436 g/mol. The second-order valence-corrected chi connectivity index (χ2v) is 8.12. The average molecular weight is 437 g/mol. The highest BCUT2D eigenvalue weighted by atomic mass is 35.5. The van der Waals surface area contributed by atoms with Gasteiger partial charge in [-0.15, -0.1) is 0 Å². The lowest BCUT2D eigenvalue weighted by Gasteiger charge is -2.26. The first kappa shape index (κ1) is 21.3. The minimum Gasteiger partial charge on any atom is -0.385 e. The van der Waals surface area contributed by atoms with Crippen molar-refractivity contribution in [3.63, 3.8) is 0 Å². The maximum absolute atomic E-state index is 13.4. The molecule has 0 fully saturated rings. The summed E-state index contributed by atoms with van der Waals surface area (Å²) in [7, 11) is 1.64. The normalized spacial score (nSPS) is 12.2. The molecule has 0 saturated heterocycles. The molecule has 1 N–H and O–H groups in total. The van der Waals surface area contributed by atoms with E-state index in [4.69, 9.17) is 16.3 Å². The maximum Gasteiger partial charge on any atom is 0.258 e. The van der Waals surface area contributed by atoms with Gasteiger partial charge in [0.25, 0.3) is 5.56 Å². The molecule has 0 bridgehead atoms. The van der Waals surface area contributed by atoms with Gasteiger partial charge in [-0.25, -0.2) is 0 Å². The number of rotatable bonds is 7. The molecule has 4 rings (SSSR count). The minimum absolute atomic E-state index is 0.0453. The quantitative estimate of drug-likeness (QED) is 0.567. The Bertz CT molecular complexity index is 1160. The molecule has 0 spiro atoms. The van der Waals surface area contributed by atoms with E-state index in [9.17, 15) is 9.59 Å². The average Bonchev–Trinajstić information content (AvgIpc) is 2.78. The number of nitrogens with zero attached hydrogens (tertiary/aromatic N) is 1. The maximum atomic E-state index is 13.4. The number of nitrogens with one attached hydrogen (secondary N) is 1. The highest BCUT2D eigenvalue weighted by molar-refractivity contribution is 6.30. The topological polar surface area (TPSA) is 60.3 Å². The van der Waals surface area contributed by atoms with E-state index in [1.807, 2.05) is 54.6 Å². The van der Waals surface area contributed by atoms with Crippen molar-refractivity contribution < 1.29 is 9.53 Å². The molecule has 2 heterocycles. The van der Waals surface area contributed by atoms with Crippen molar-refractivity contribution in [2.45, 2.75) is 25.8 Å². The number of ether oxygens (including phenoxy) is 1. The SMILES string of the molecule is COCCCNC(=O)Cc1cc(-c2ccccc2)c(=O)n2c1-c1cc(Cl)ccc1CC2. The Morgan fingerprint density at radius 2 is 1.94 bits per heavy atom. The Morgan fingerprint density at radius 1 is 1.13 bits per heavy atom. The molecule has 2 aromatic carbocycles. The first-order valence-electron chi connectivity index (χ1n) is 10.4. The molecule has 3 aromatic rings. The lowest BCUT2D eigenvalue weighted by Crippen LogP contribution is -2.31. The fraction of sp³-hybridized carbons (Fsp3) is 0.280. The second-order valence-electron chi connectivity index (χ2n) is 7.68. The molecule has 0 radical (unpaired) electrons. The molecule has 160 valence electrons. The predicted octanol–water partition coefficient (Wildman–Crippen LogP) is 4.09. The molecule has 5 nitrogen and oxygen atoms in total. The van der Waals surface area contributed by atoms with Gasteiger partial charge in [-0.3, -0.25) is 9.59 Å². The second kappa shape index (κ2) is 9.50. The van der Waals surface area contributed by atoms with Gasteiger partial charge in [0, 0.05) is 43.0 Å². The number of hydrogen-bond donors (Lipinski definition) is 1. The number of pyridine rings is 1. The third-order valence-corrected chi connectivity index (χ3v) is 5.82. The summed E-state index contributed by atoms with van der Waals surface area (Å²) < 4.78 is 6.84. The highest BCUT2D eigenvalue weighted by Crippen LogP contribution is 2.35. The Morgan fingerprint density at radius 3 is 2.71 bits per heavy atom. The predicted molar refractivity (Wildman–Crippen MR) is 123 cm³/mol. The van der Waals surface area contributed by atoms with Crippen molar-refractivity contribution in [3.8, 4) is 22.4 Å². The summed E-state index contributed by atoms with van der Waals surface area (Å²) in [5.41, 5.74) is 5.09. The number of methoxy groups -OCH3 is 1. The zero-order chi connectivity index (χ0) is 21.8. The van der Waals surface area contributed by atoms with Crippen LogP contribution in [0.3, 0.4) is 0 Å². The zero-order valence-electron chi connectivity index (χ0n) is 17.5. The van der Waals surface area contributed by atoms with Crippen LogP contribution >= 0.6 is 11.6 Å². The van der Waals surface area contributed by atoms with Gasteiger partial charge in [0.1, 0.15) is 0 Å². The lowest BCUT2D eigenvalue weighted by molar-refractivity contribution is -0.120. The van der Waals surface area contributed by atoms with Gasteiger partial charge >= 0.3 is 0 Å². The Labute approximate surface area is 186 Å². The van der Waals surface area contributed by atoms with E-state index in [0.717, 1.165) is 40.8 Å². The number of hydrogen-bond acceptors (Lipinski definition) is 3. The first-order valence-corrected chi connectivity index (χ1v) is 10.8. The molecule has 1 aromatic heterocycles. The van der Waals surface area contributed by atoms with Crippen LogP contribution in [0, 0.1) is 0 Å². The van der Waals surface area contributed by atoms with E-state index in [1.54, 1.807) is 11.7 Å². The molecule has 1 amide bonds. The number of aromatic nitrogens is 1. The Hall–Kier alpha value is -2.89. The molecule has 0 unspecified atom stereocenters. The van der Waals surface area contributed by atoms with Crippen molar-refractivity contribution in [1.29, 1.82) is 0 Å². The van der Waals surface area contributed by atoms with E-state index in [0.29, 0.717) is 30.3 Å². The summed E-state index contributed by atoms with van der Waals surface area (Å²) in [6.45, 7) is 1.72. The molecule has 1 aliphatic rings. The van der Waals surface area contributed by atoms with Crippen LogP contribution in [-0.4, -0.2) is 30.7 Å². The van der Waals surface area contributed by atoms with Gasteiger partial charge in [-0.2, -0.15) is 0 Å². The zero-order valence-corrected chi connectivity index (χ0v) is 18.2. The van der Waals surface area contributed by atoms with Gasteiger partial charge < -0.3 is 14.6 Å². The molecular formula is C25H25ClN2O3. The third-order valence-electron chi connectivity index (χ3n) is 5.58. The van der Waals surface area contributed by atoms with E-state index < -0.39 is 0 Å². The number of amides is 1. The van der Waals surface area contributed by atoms with Gasteiger partial charge in [0.05, 0.1) is 12.1 Å². The largest absolute Gasteiger partial charge is 0.385 e. The smallest absolute Gasteiger partial charge is 0.258 e. The highest BCUT2D eigenvalue weighted by Gasteiger charge is 2.24. The Balaban J connectivity index is 1.80. The molecule has 6 heteroatoms. The third kappa shape index (κ3) is 4.58. The van der Waals surface area contributed by atoms with Crippen LogP contribution in [0.5, 0.6) is 0 Å². The van der Waals surface area contributed by atoms with Gasteiger partial charge in [-0.1, -0.05) is 48.0 Å². The number of carbonyl (C=O) groups excluding carboxylic acids is 1. The van der Waals surface area contributed by atoms with Crippen LogP contribution in [0.4, 0.5) is 0 Å². The number of fused-ring (bicyclic) bond motifs is 3. The fourth-order valence-corrected chi connectivity index (χ4v) is 4.29. The van der Waals surface area contributed by atoms with E-state index >= 15 is 0 Å². The van der Waals surface area contributed by atoms with E-state index in [-0.39, 0.29) is 17.9 Å². The van der Waals surface area contributed by atoms with Crippen molar-refractivity contribution in [1.82, 2.24) is 9.88 Å². The van der Waals surface area contributed by atoms with Crippen molar-refractivity contribution in [2.75, 3.05) is 20.3 Å². The lowest BCUT2D eigenvalue weighted by atomic mass is 9.91. The molecule has 31 heavy (non-hydrogen) atoms. The Kier molecular flexibility index (Phi) is 6.54. The molecule has 0 saturated carbocycles. The minimum atomic E-state index is -0.0780. The van der Waals surface area contributed by atoms with Crippen LogP contribution in [0.25, 0.3) is 22.4 Å². The fourth-order valence-electron chi connectivity index (χ4n) is 4.11. The van der Waals surface area contributed by atoms with Gasteiger partial charge in [0.15, 0.2) is 0 Å². The van der Waals surface area contributed by atoms with Crippen LogP contribution < -0.4 is 10.9 Å². The number of carbonyl (C=O) groups is 1. The summed E-state index contributed by atoms with van der Waals surface area (Å²) in [6, 6.07) is 17.2. The van der Waals surface area contributed by atoms with Crippen LogP contribution in [-0.2, 0) is 28.9 Å². The summed E-state index contributed by atoms with van der Waals surface area (Å²) in [4.78, 5) is 26.1. The summed E-state index contributed by atoms with van der Waals surface area (Å²) in [5.74, 6) is -0.0780. The van der Waals surface area contributed by atoms with E-state index in [2.05, 4.69) is 5.32 Å². The summed E-state index contributed by atoms with van der Waals surface area (Å²) in [6.07, 6.45) is 1.69. The van der Waals surface area contributed by atoms with Gasteiger partial charge in [-0.05, 0) is 47.7 Å². The van der Waals surface area contributed by atoms with Crippen LogP contribution in [0.2, 0.25) is 5.02 Å². The van der Waals surface area contributed by atoms with Crippen LogP contribution in [0.1, 0.15) is 17.5 Å². The summed E-state index contributed by atoms with van der Waals surface area (Å²) >= 11 is 6.29. The van der Waals surface area contributed by atoms with Crippen molar-refractivity contribution in [3.05, 3.63) is 81.1 Å². The van der Waals surface area contributed by atoms with Crippen LogP contribution in [0.15, 0.2) is 59.4 Å². The van der Waals surface area contributed by atoms with Crippen molar-refractivity contribution in [2.24, 2.45) is 0 Å². The first-order chi connectivity index (χ1) is 15.1. The molecule has 1 aliphatic heterocycles. The number of benzene rings is 2. The van der Waals surface area contributed by atoms with Crippen molar-refractivity contribution >= 4 is 17.5 Å². The van der Waals surface area contributed by atoms with Gasteiger partial charge in [0.2, 0.25) is 5.91 Å². The molecule has 0 atom stereocenters.